The Bertz CT molecular complexity index is 380. The Balaban J connectivity index is 1.82. The van der Waals surface area contributed by atoms with Crippen LogP contribution in [0.2, 0.25) is 0 Å². The van der Waals surface area contributed by atoms with E-state index in [1.807, 2.05) is 4.90 Å². The number of nitrogens with zero attached hydrogens (tertiary/aromatic N) is 1. The van der Waals surface area contributed by atoms with E-state index in [-0.39, 0.29) is 18.0 Å². The second kappa shape index (κ2) is 7.11. The molecule has 0 saturated carbocycles. The predicted molar refractivity (Wildman–Crippen MR) is 78.2 cm³/mol. The number of hydrogen-bond acceptors (Lipinski definition) is 3. The van der Waals surface area contributed by atoms with Gasteiger partial charge in [0.2, 0.25) is 0 Å². The highest BCUT2D eigenvalue weighted by Crippen LogP contribution is 2.23. The van der Waals surface area contributed by atoms with E-state index >= 15 is 0 Å². The molecule has 0 aromatic heterocycles. The van der Waals surface area contributed by atoms with Crippen LogP contribution in [-0.4, -0.2) is 53.8 Å². The number of rotatable bonds is 4. The SMILES string of the molecule is CC1(NC(=O)N2CCCC(CCC(=O)O)C2)CCOCC1. The molecule has 0 bridgehead atoms. The van der Waals surface area contributed by atoms with Gasteiger partial charge in [0.05, 0.1) is 0 Å². The third kappa shape index (κ3) is 4.88. The van der Waals surface area contributed by atoms with Crippen molar-refractivity contribution in [3.63, 3.8) is 0 Å². The van der Waals surface area contributed by atoms with Crippen molar-refractivity contribution < 1.29 is 19.4 Å². The summed E-state index contributed by atoms with van der Waals surface area (Å²) in [6.45, 7) is 4.89. The highest BCUT2D eigenvalue weighted by atomic mass is 16.5. The number of piperidine rings is 1. The maximum absolute atomic E-state index is 12.4. The van der Waals surface area contributed by atoms with Crippen LogP contribution in [0.25, 0.3) is 0 Å². The first kappa shape index (κ1) is 16.1. The van der Waals surface area contributed by atoms with Crippen molar-refractivity contribution in [1.82, 2.24) is 10.2 Å². The first-order valence-electron chi connectivity index (χ1n) is 7.85. The highest BCUT2D eigenvalue weighted by Gasteiger charge is 2.32. The summed E-state index contributed by atoms with van der Waals surface area (Å²) >= 11 is 0. The fourth-order valence-electron chi connectivity index (χ4n) is 3.10. The number of amides is 2. The number of carbonyl (C=O) groups excluding carboxylic acids is 1. The van der Waals surface area contributed by atoms with E-state index < -0.39 is 5.97 Å². The summed E-state index contributed by atoms with van der Waals surface area (Å²) < 4.78 is 5.34. The second-order valence-electron chi connectivity index (χ2n) is 6.49. The first-order valence-corrected chi connectivity index (χ1v) is 7.85. The van der Waals surface area contributed by atoms with Crippen LogP contribution in [0.15, 0.2) is 0 Å². The van der Waals surface area contributed by atoms with Gasteiger partial charge in [-0.25, -0.2) is 4.79 Å². The van der Waals surface area contributed by atoms with Crippen molar-refractivity contribution in [1.29, 1.82) is 0 Å². The van der Waals surface area contributed by atoms with Crippen LogP contribution in [0.5, 0.6) is 0 Å². The minimum atomic E-state index is -0.758. The summed E-state index contributed by atoms with van der Waals surface area (Å²) in [5.41, 5.74) is -0.177. The molecule has 2 N–H and O–H groups in total. The molecule has 2 heterocycles. The number of hydrogen-bond donors (Lipinski definition) is 2. The maximum atomic E-state index is 12.4. The van der Waals surface area contributed by atoms with Gasteiger partial charge in [-0.2, -0.15) is 0 Å². The molecule has 21 heavy (non-hydrogen) atoms. The summed E-state index contributed by atoms with van der Waals surface area (Å²) in [6, 6.07) is -0.0144. The molecule has 1 atom stereocenters. The maximum Gasteiger partial charge on any atom is 0.317 e. The normalized spacial score (nSPS) is 25.4. The molecule has 0 spiro atoms. The fourth-order valence-corrected chi connectivity index (χ4v) is 3.10. The zero-order valence-corrected chi connectivity index (χ0v) is 12.8. The lowest BCUT2D eigenvalue weighted by atomic mass is 9.92. The topological polar surface area (TPSA) is 78.9 Å². The number of nitrogens with one attached hydrogen (secondary N) is 1. The van der Waals surface area contributed by atoms with Gasteiger partial charge in [-0.15, -0.1) is 0 Å². The molecule has 2 rings (SSSR count). The molecule has 120 valence electrons. The molecule has 6 heteroatoms. The summed E-state index contributed by atoms with van der Waals surface area (Å²) in [6.07, 6.45) is 4.50. The third-order valence-corrected chi connectivity index (χ3v) is 4.58. The summed E-state index contributed by atoms with van der Waals surface area (Å²) in [7, 11) is 0. The number of ether oxygens (including phenoxy) is 1. The molecular weight excluding hydrogens is 272 g/mol. The largest absolute Gasteiger partial charge is 0.481 e. The van der Waals surface area contributed by atoms with Gasteiger partial charge in [0.1, 0.15) is 0 Å². The van der Waals surface area contributed by atoms with E-state index in [0.29, 0.717) is 32.1 Å². The molecule has 2 fully saturated rings. The van der Waals surface area contributed by atoms with Crippen molar-refractivity contribution in [2.24, 2.45) is 5.92 Å². The Kier molecular flexibility index (Phi) is 5.45. The number of carboxylic acid groups (broad SMARTS) is 1. The molecule has 2 aliphatic heterocycles. The average Bonchev–Trinajstić information content (AvgIpc) is 2.45. The van der Waals surface area contributed by atoms with Crippen molar-refractivity contribution in [2.45, 2.75) is 51.0 Å². The minimum absolute atomic E-state index is 0.0144. The lowest BCUT2D eigenvalue weighted by Gasteiger charge is -2.39. The van der Waals surface area contributed by atoms with Crippen LogP contribution in [-0.2, 0) is 9.53 Å². The summed E-state index contributed by atoms with van der Waals surface area (Å²) in [5, 5.41) is 11.9. The standard InChI is InChI=1S/C15H26N2O4/c1-15(6-9-21-10-7-15)16-14(20)17-8-2-3-12(11-17)4-5-13(18)19/h12H,2-11H2,1H3,(H,16,20)(H,18,19). The quantitative estimate of drug-likeness (QED) is 0.830. The van der Waals surface area contributed by atoms with E-state index in [1.165, 1.54) is 0 Å². The van der Waals surface area contributed by atoms with Gasteiger partial charge in [-0.3, -0.25) is 4.79 Å². The predicted octanol–water partition coefficient (Wildman–Crippen LogP) is 1.84. The molecule has 1 unspecified atom stereocenters. The molecule has 0 aliphatic carbocycles. The molecule has 0 radical (unpaired) electrons. The van der Waals surface area contributed by atoms with Crippen LogP contribution in [0.4, 0.5) is 4.79 Å². The summed E-state index contributed by atoms with van der Waals surface area (Å²) in [5.74, 6) is -0.450. The van der Waals surface area contributed by atoms with Crippen LogP contribution < -0.4 is 5.32 Å². The average molecular weight is 298 g/mol. The Morgan fingerprint density at radius 3 is 2.76 bits per heavy atom. The van der Waals surface area contributed by atoms with E-state index in [2.05, 4.69) is 12.2 Å². The van der Waals surface area contributed by atoms with Crippen molar-refractivity contribution in [2.75, 3.05) is 26.3 Å². The Hall–Kier alpha value is -1.30. The third-order valence-electron chi connectivity index (χ3n) is 4.58. The van der Waals surface area contributed by atoms with E-state index in [1.54, 1.807) is 0 Å². The number of carbonyl (C=O) groups is 2. The Morgan fingerprint density at radius 1 is 1.38 bits per heavy atom. The van der Waals surface area contributed by atoms with Crippen molar-refractivity contribution in [3.05, 3.63) is 0 Å². The lowest BCUT2D eigenvalue weighted by molar-refractivity contribution is -0.137. The van der Waals surface area contributed by atoms with Crippen molar-refractivity contribution >= 4 is 12.0 Å². The zero-order valence-electron chi connectivity index (χ0n) is 12.8. The van der Waals surface area contributed by atoms with E-state index in [4.69, 9.17) is 9.84 Å². The smallest absolute Gasteiger partial charge is 0.317 e. The lowest BCUT2D eigenvalue weighted by Crippen LogP contribution is -2.55. The minimum Gasteiger partial charge on any atom is -0.481 e. The van der Waals surface area contributed by atoms with Crippen molar-refractivity contribution in [3.8, 4) is 0 Å². The second-order valence-corrected chi connectivity index (χ2v) is 6.49. The van der Waals surface area contributed by atoms with E-state index in [0.717, 1.165) is 32.2 Å². The molecule has 2 aliphatic rings. The fraction of sp³-hybridized carbons (Fsp3) is 0.867. The van der Waals surface area contributed by atoms with Crippen LogP contribution in [0, 0.1) is 5.92 Å². The zero-order chi connectivity index (χ0) is 15.3. The molecule has 0 aromatic carbocycles. The van der Waals surface area contributed by atoms with Gasteiger partial charge in [0.25, 0.3) is 0 Å². The molecule has 2 amide bonds. The number of aliphatic carboxylic acids is 1. The van der Waals surface area contributed by atoms with Crippen LogP contribution in [0.3, 0.4) is 0 Å². The highest BCUT2D eigenvalue weighted by molar-refractivity contribution is 5.75. The van der Waals surface area contributed by atoms with Gasteiger partial charge >= 0.3 is 12.0 Å². The number of likely N-dealkylation sites (tertiary alicyclic amines) is 1. The van der Waals surface area contributed by atoms with Gasteiger partial charge in [0, 0.05) is 38.3 Å². The molecule has 2 saturated heterocycles. The van der Waals surface area contributed by atoms with Gasteiger partial charge < -0.3 is 20.1 Å². The molecule has 6 nitrogen and oxygen atoms in total. The van der Waals surface area contributed by atoms with Crippen LogP contribution >= 0.6 is 0 Å². The molecular formula is C15H26N2O4. The van der Waals surface area contributed by atoms with Gasteiger partial charge in [0.15, 0.2) is 0 Å². The Morgan fingerprint density at radius 2 is 2.10 bits per heavy atom. The van der Waals surface area contributed by atoms with Crippen LogP contribution in [0.1, 0.15) is 45.4 Å². The summed E-state index contributed by atoms with van der Waals surface area (Å²) in [4.78, 5) is 24.9. The monoisotopic (exact) mass is 298 g/mol. The van der Waals surface area contributed by atoms with Gasteiger partial charge in [-0.1, -0.05) is 0 Å². The number of carboxylic acids is 1. The Labute approximate surface area is 125 Å². The van der Waals surface area contributed by atoms with Gasteiger partial charge in [-0.05, 0) is 44.9 Å². The van der Waals surface area contributed by atoms with E-state index in [9.17, 15) is 9.59 Å². The molecule has 0 aromatic rings. The first-order chi connectivity index (χ1) is 9.98. The number of urea groups is 1.